The highest BCUT2D eigenvalue weighted by Crippen LogP contribution is 2.22. The van der Waals surface area contributed by atoms with Crippen molar-refractivity contribution in [3.63, 3.8) is 0 Å². The van der Waals surface area contributed by atoms with Gasteiger partial charge in [0.05, 0.1) is 0 Å². The van der Waals surface area contributed by atoms with Crippen LogP contribution in [0.5, 0.6) is 5.75 Å². The monoisotopic (exact) mass is 317 g/mol. The lowest BCUT2D eigenvalue weighted by Crippen LogP contribution is -2.28. The minimum absolute atomic E-state index is 0.205. The van der Waals surface area contributed by atoms with Crippen LogP contribution in [0.3, 0.4) is 0 Å². The molecule has 0 saturated carbocycles. The molecule has 0 fully saturated rings. The molecule has 0 aromatic heterocycles. The highest BCUT2D eigenvalue weighted by atomic mass is 19.4. The van der Waals surface area contributed by atoms with E-state index in [1.54, 1.807) is 0 Å². The molecule has 1 amide bonds. The van der Waals surface area contributed by atoms with Crippen LogP contribution in [0.25, 0.3) is 0 Å². The molecular weight excluding hydrogens is 308 g/mol. The van der Waals surface area contributed by atoms with E-state index in [4.69, 9.17) is 0 Å². The van der Waals surface area contributed by atoms with Crippen LogP contribution in [0.4, 0.5) is 31.1 Å². The van der Waals surface area contributed by atoms with Gasteiger partial charge in [-0.2, -0.15) is 13.2 Å². The van der Waals surface area contributed by atoms with Crippen LogP contribution >= 0.6 is 0 Å². The van der Waals surface area contributed by atoms with Gasteiger partial charge in [0.2, 0.25) is 0 Å². The molecule has 0 heterocycles. The van der Waals surface area contributed by atoms with E-state index in [-0.39, 0.29) is 6.54 Å². The van der Waals surface area contributed by atoms with Gasteiger partial charge in [0.25, 0.3) is 0 Å². The number of nitrogens with one attached hydrogen (secondary N) is 1. The maximum atomic E-state index is 11.9. The quantitative estimate of drug-likeness (QED) is 0.866. The zero-order valence-electron chi connectivity index (χ0n) is 10.2. The Bertz CT molecular complexity index is 468. The Balaban J connectivity index is 2.41. The SMILES string of the molecule is O=C(NCc1ccc(OC(F)(F)F)cc1)OCC(F)(F)F. The molecule has 0 unspecified atom stereocenters. The first-order chi connectivity index (χ1) is 9.55. The molecule has 0 aliphatic rings. The summed E-state index contributed by atoms with van der Waals surface area (Å²) in [6.45, 7) is -1.93. The standard InChI is InChI=1S/C11H9F6NO3/c12-10(13,14)6-20-9(19)18-5-7-1-3-8(4-2-7)21-11(15,16)17/h1-4H,5-6H2,(H,18,19). The van der Waals surface area contributed by atoms with Crippen molar-refractivity contribution in [1.29, 1.82) is 0 Å². The van der Waals surface area contributed by atoms with E-state index in [1.165, 1.54) is 12.1 Å². The molecule has 0 spiro atoms. The lowest BCUT2D eigenvalue weighted by molar-refractivity contribution is -0.274. The van der Waals surface area contributed by atoms with Gasteiger partial charge in [-0.15, -0.1) is 13.2 Å². The molecule has 0 aliphatic heterocycles. The van der Waals surface area contributed by atoms with Crippen LogP contribution in [0.2, 0.25) is 0 Å². The minimum Gasteiger partial charge on any atom is -0.440 e. The summed E-state index contributed by atoms with van der Waals surface area (Å²) < 4.78 is 78.4. The first-order valence-corrected chi connectivity index (χ1v) is 5.37. The number of alkyl halides is 6. The topological polar surface area (TPSA) is 47.6 Å². The Morgan fingerprint density at radius 2 is 1.62 bits per heavy atom. The number of alkyl carbamates (subject to hydrolysis) is 1. The van der Waals surface area contributed by atoms with E-state index in [0.717, 1.165) is 12.1 Å². The van der Waals surface area contributed by atoms with E-state index < -0.39 is 31.0 Å². The third-order valence-electron chi connectivity index (χ3n) is 1.96. The number of halogens is 6. The molecule has 1 aromatic carbocycles. The molecule has 0 atom stereocenters. The van der Waals surface area contributed by atoms with Crippen LogP contribution in [-0.4, -0.2) is 25.2 Å². The van der Waals surface area contributed by atoms with E-state index >= 15 is 0 Å². The summed E-state index contributed by atoms with van der Waals surface area (Å²) in [6.07, 6.45) is -10.7. The van der Waals surface area contributed by atoms with Crippen molar-refractivity contribution in [2.24, 2.45) is 0 Å². The number of hydrogen-bond donors (Lipinski definition) is 1. The number of rotatable bonds is 4. The van der Waals surface area contributed by atoms with Gasteiger partial charge in [-0.25, -0.2) is 4.79 Å². The summed E-state index contributed by atoms with van der Waals surface area (Å²) in [5.41, 5.74) is 0.355. The number of ether oxygens (including phenoxy) is 2. The molecule has 0 aliphatic carbocycles. The Morgan fingerprint density at radius 1 is 1.05 bits per heavy atom. The second-order valence-corrected chi connectivity index (χ2v) is 3.74. The number of carbonyl (C=O) groups is 1. The molecule has 0 bridgehead atoms. The van der Waals surface area contributed by atoms with Crippen molar-refractivity contribution in [3.05, 3.63) is 29.8 Å². The first-order valence-electron chi connectivity index (χ1n) is 5.37. The molecule has 1 rings (SSSR count). The van der Waals surface area contributed by atoms with Crippen molar-refractivity contribution in [2.75, 3.05) is 6.61 Å². The van der Waals surface area contributed by atoms with E-state index in [1.807, 2.05) is 5.32 Å². The van der Waals surface area contributed by atoms with Gasteiger partial charge in [0.1, 0.15) is 5.75 Å². The number of carbonyl (C=O) groups excluding carboxylic acids is 1. The summed E-state index contributed by atoms with van der Waals surface area (Å²) in [5.74, 6) is -0.453. The van der Waals surface area contributed by atoms with Crippen LogP contribution in [0, 0.1) is 0 Å². The lowest BCUT2D eigenvalue weighted by Gasteiger charge is -2.10. The fourth-order valence-corrected chi connectivity index (χ4v) is 1.18. The Kier molecular flexibility index (Phi) is 5.28. The number of hydrogen-bond acceptors (Lipinski definition) is 3. The molecule has 1 aromatic rings. The summed E-state index contributed by atoms with van der Waals surface area (Å²) >= 11 is 0. The largest absolute Gasteiger partial charge is 0.573 e. The maximum Gasteiger partial charge on any atom is 0.573 e. The lowest BCUT2D eigenvalue weighted by atomic mass is 10.2. The normalized spacial score (nSPS) is 11.9. The molecule has 1 N–H and O–H groups in total. The Morgan fingerprint density at radius 3 is 2.10 bits per heavy atom. The van der Waals surface area contributed by atoms with Crippen molar-refractivity contribution in [3.8, 4) is 5.75 Å². The van der Waals surface area contributed by atoms with Gasteiger partial charge in [0, 0.05) is 6.54 Å². The van der Waals surface area contributed by atoms with Gasteiger partial charge in [-0.1, -0.05) is 12.1 Å². The van der Waals surface area contributed by atoms with Crippen molar-refractivity contribution >= 4 is 6.09 Å². The van der Waals surface area contributed by atoms with Gasteiger partial charge < -0.3 is 14.8 Å². The molecule has 21 heavy (non-hydrogen) atoms. The predicted octanol–water partition coefficient (Wildman–Crippen LogP) is 3.37. The molecule has 0 saturated heterocycles. The number of benzene rings is 1. The smallest absolute Gasteiger partial charge is 0.440 e. The van der Waals surface area contributed by atoms with Crippen LogP contribution < -0.4 is 10.1 Å². The minimum atomic E-state index is -4.82. The highest BCUT2D eigenvalue weighted by Gasteiger charge is 2.31. The summed E-state index contributed by atoms with van der Waals surface area (Å²) in [6, 6.07) is 4.44. The third kappa shape index (κ3) is 7.90. The van der Waals surface area contributed by atoms with Gasteiger partial charge in [-0.3, -0.25) is 0 Å². The summed E-state index contributed by atoms with van der Waals surface area (Å²) in [5, 5.41) is 2.02. The third-order valence-corrected chi connectivity index (χ3v) is 1.96. The average molecular weight is 317 g/mol. The van der Waals surface area contributed by atoms with Crippen LogP contribution in [0.1, 0.15) is 5.56 Å². The zero-order chi connectivity index (χ0) is 16.1. The fraction of sp³-hybridized carbons (Fsp3) is 0.364. The van der Waals surface area contributed by atoms with Crippen molar-refractivity contribution < 1.29 is 40.6 Å². The van der Waals surface area contributed by atoms with Gasteiger partial charge in [0.15, 0.2) is 6.61 Å². The highest BCUT2D eigenvalue weighted by molar-refractivity contribution is 5.67. The van der Waals surface area contributed by atoms with Gasteiger partial charge >= 0.3 is 18.6 Å². The first kappa shape index (κ1) is 16.9. The molecule has 118 valence electrons. The second kappa shape index (κ2) is 6.55. The van der Waals surface area contributed by atoms with Crippen LogP contribution in [-0.2, 0) is 11.3 Å². The van der Waals surface area contributed by atoms with E-state index in [2.05, 4.69) is 9.47 Å². The Hall–Kier alpha value is -2.13. The van der Waals surface area contributed by atoms with E-state index in [0.29, 0.717) is 5.56 Å². The molecule has 0 radical (unpaired) electrons. The molecular formula is C11H9F6NO3. The fourth-order valence-electron chi connectivity index (χ4n) is 1.18. The van der Waals surface area contributed by atoms with Crippen LogP contribution in [0.15, 0.2) is 24.3 Å². The van der Waals surface area contributed by atoms with E-state index in [9.17, 15) is 31.1 Å². The average Bonchev–Trinajstić information content (AvgIpc) is 2.33. The molecule has 10 heteroatoms. The predicted molar refractivity (Wildman–Crippen MR) is 57.4 cm³/mol. The van der Waals surface area contributed by atoms with Crippen molar-refractivity contribution in [1.82, 2.24) is 5.32 Å². The van der Waals surface area contributed by atoms with Gasteiger partial charge in [-0.05, 0) is 17.7 Å². The second-order valence-electron chi connectivity index (χ2n) is 3.74. The number of amides is 1. The Labute approximate surface area is 114 Å². The summed E-state index contributed by atoms with van der Waals surface area (Å²) in [7, 11) is 0. The molecule has 4 nitrogen and oxygen atoms in total. The maximum absolute atomic E-state index is 11.9. The zero-order valence-corrected chi connectivity index (χ0v) is 10.2. The summed E-state index contributed by atoms with van der Waals surface area (Å²) in [4.78, 5) is 10.9. The van der Waals surface area contributed by atoms with Crippen molar-refractivity contribution in [2.45, 2.75) is 19.1 Å².